The number of aromatic nitrogens is 1. The highest BCUT2D eigenvalue weighted by molar-refractivity contribution is 6.33. The van der Waals surface area contributed by atoms with Gasteiger partial charge in [0.1, 0.15) is 6.54 Å². The molecule has 0 spiro atoms. The van der Waals surface area contributed by atoms with Crippen molar-refractivity contribution in [1.82, 2.24) is 15.2 Å². The first-order valence-corrected chi connectivity index (χ1v) is 5.77. The first kappa shape index (κ1) is 16.2. The number of halogens is 4. The molecule has 0 saturated heterocycles. The van der Waals surface area contributed by atoms with Gasteiger partial charge >= 0.3 is 6.18 Å². The van der Waals surface area contributed by atoms with Gasteiger partial charge in [-0.1, -0.05) is 11.6 Å². The van der Waals surface area contributed by atoms with Gasteiger partial charge in [0.15, 0.2) is 0 Å². The SMILES string of the molecule is CN(CC(=O)NCC(F)(F)F)C(=O)c1ccncc1Cl. The molecule has 0 fully saturated rings. The fourth-order valence-corrected chi connectivity index (χ4v) is 1.50. The van der Waals surface area contributed by atoms with E-state index in [-0.39, 0.29) is 10.6 Å². The maximum absolute atomic E-state index is 11.9. The molecule has 110 valence electrons. The van der Waals surface area contributed by atoms with Crippen LogP contribution in [0.5, 0.6) is 0 Å². The van der Waals surface area contributed by atoms with Crippen LogP contribution in [-0.4, -0.2) is 48.0 Å². The summed E-state index contributed by atoms with van der Waals surface area (Å²) in [6.45, 7) is -1.95. The molecule has 0 unspecified atom stereocenters. The van der Waals surface area contributed by atoms with Crippen molar-refractivity contribution in [2.45, 2.75) is 6.18 Å². The van der Waals surface area contributed by atoms with E-state index in [2.05, 4.69) is 4.98 Å². The summed E-state index contributed by atoms with van der Waals surface area (Å²) in [5, 5.41) is 1.77. The minimum atomic E-state index is -4.49. The Bertz CT molecular complexity index is 508. The molecule has 0 aliphatic carbocycles. The molecule has 0 aromatic carbocycles. The number of rotatable bonds is 4. The monoisotopic (exact) mass is 309 g/mol. The molecule has 1 heterocycles. The van der Waals surface area contributed by atoms with Gasteiger partial charge in [-0.05, 0) is 6.07 Å². The lowest BCUT2D eigenvalue weighted by molar-refractivity contribution is -0.138. The molecule has 1 rings (SSSR count). The van der Waals surface area contributed by atoms with Crippen LogP contribution in [0.15, 0.2) is 18.5 Å². The van der Waals surface area contributed by atoms with E-state index in [1.54, 1.807) is 5.32 Å². The summed E-state index contributed by atoms with van der Waals surface area (Å²) in [6.07, 6.45) is -1.89. The third kappa shape index (κ3) is 5.04. The van der Waals surface area contributed by atoms with Crippen LogP contribution in [0, 0.1) is 0 Å². The summed E-state index contributed by atoms with van der Waals surface area (Å²) in [5.74, 6) is -1.50. The molecule has 0 saturated carbocycles. The number of nitrogens with zero attached hydrogens (tertiary/aromatic N) is 2. The highest BCUT2D eigenvalue weighted by Gasteiger charge is 2.28. The van der Waals surface area contributed by atoms with Gasteiger partial charge in [0.2, 0.25) is 5.91 Å². The predicted octanol–water partition coefficient (Wildman–Crippen LogP) is 1.49. The van der Waals surface area contributed by atoms with E-state index in [0.717, 1.165) is 4.90 Å². The van der Waals surface area contributed by atoms with Crippen molar-refractivity contribution in [3.63, 3.8) is 0 Å². The lowest BCUT2D eigenvalue weighted by Crippen LogP contribution is -2.41. The second-order valence-corrected chi connectivity index (χ2v) is 4.32. The Labute approximate surface area is 117 Å². The highest BCUT2D eigenvalue weighted by atomic mass is 35.5. The van der Waals surface area contributed by atoms with Crippen molar-refractivity contribution in [3.05, 3.63) is 29.0 Å². The van der Waals surface area contributed by atoms with Crippen molar-refractivity contribution in [2.75, 3.05) is 20.1 Å². The minimum Gasteiger partial charge on any atom is -0.345 e. The molecule has 2 amide bonds. The molecule has 0 radical (unpaired) electrons. The number of likely N-dealkylation sites (N-methyl/N-ethyl adjacent to an activating group) is 1. The topological polar surface area (TPSA) is 62.3 Å². The molecule has 1 aromatic heterocycles. The zero-order valence-electron chi connectivity index (χ0n) is 10.4. The van der Waals surface area contributed by atoms with E-state index < -0.39 is 31.1 Å². The maximum atomic E-state index is 11.9. The lowest BCUT2D eigenvalue weighted by Gasteiger charge is -2.17. The normalized spacial score (nSPS) is 11.1. The fourth-order valence-electron chi connectivity index (χ4n) is 1.30. The minimum absolute atomic E-state index is 0.0973. The average molecular weight is 310 g/mol. The van der Waals surface area contributed by atoms with Crippen LogP contribution in [-0.2, 0) is 4.79 Å². The van der Waals surface area contributed by atoms with Crippen LogP contribution >= 0.6 is 11.6 Å². The van der Waals surface area contributed by atoms with E-state index in [1.807, 2.05) is 0 Å². The molecular weight excluding hydrogens is 299 g/mol. The van der Waals surface area contributed by atoms with Gasteiger partial charge in [0.05, 0.1) is 17.1 Å². The first-order chi connectivity index (χ1) is 9.20. The van der Waals surface area contributed by atoms with Crippen LogP contribution in [0.4, 0.5) is 13.2 Å². The predicted molar refractivity (Wildman–Crippen MR) is 65.3 cm³/mol. The van der Waals surface area contributed by atoms with E-state index in [1.165, 1.54) is 25.5 Å². The van der Waals surface area contributed by atoms with Crippen LogP contribution in [0.3, 0.4) is 0 Å². The van der Waals surface area contributed by atoms with Gasteiger partial charge in [-0.3, -0.25) is 14.6 Å². The Morgan fingerprint density at radius 2 is 2.10 bits per heavy atom. The number of nitrogens with one attached hydrogen (secondary N) is 1. The van der Waals surface area contributed by atoms with Crippen LogP contribution in [0.1, 0.15) is 10.4 Å². The molecule has 20 heavy (non-hydrogen) atoms. The Kier molecular flexibility index (Phi) is 5.32. The number of amides is 2. The standard InChI is InChI=1S/C11H11ClF3N3O2/c1-18(5-9(19)17-6-11(13,14)15)10(20)7-2-3-16-4-8(7)12/h2-4H,5-6H2,1H3,(H,17,19). The Morgan fingerprint density at radius 1 is 1.45 bits per heavy atom. The third-order valence-electron chi connectivity index (χ3n) is 2.22. The summed E-state index contributed by atoms with van der Waals surface area (Å²) in [5.41, 5.74) is 0.118. The van der Waals surface area contributed by atoms with Crippen LogP contribution in [0.2, 0.25) is 5.02 Å². The Balaban J connectivity index is 2.59. The zero-order chi connectivity index (χ0) is 15.3. The van der Waals surface area contributed by atoms with Crippen molar-refractivity contribution < 1.29 is 22.8 Å². The Morgan fingerprint density at radius 3 is 2.65 bits per heavy atom. The molecule has 9 heteroatoms. The van der Waals surface area contributed by atoms with Crippen molar-refractivity contribution in [3.8, 4) is 0 Å². The molecule has 1 N–H and O–H groups in total. The summed E-state index contributed by atoms with van der Waals surface area (Å²) in [6, 6.07) is 1.36. The molecule has 0 aliphatic heterocycles. The number of carbonyl (C=O) groups excluding carboxylic acids is 2. The summed E-state index contributed by atoms with van der Waals surface area (Å²) in [7, 11) is 1.28. The van der Waals surface area contributed by atoms with Crippen molar-refractivity contribution in [2.24, 2.45) is 0 Å². The van der Waals surface area contributed by atoms with E-state index in [9.17, 15) is 22.8 Å². The first-order valence-electron chi connectivity index (χ1n) is 5.39. The van der Waals surface area contributed by atoms with Crippen molar-refractivity contribution in [1.29, 1.82) is 0 Å². The van der Waals surface area contributed by atoms with Gasteiger partial charge in [-0.2, -0.15) is 13.2 Å². The summed E-state index contributed by atoms with van der Waals surface area (Å²) >= 11 is 5.76. The van der Waals surface area contributed by atoms with Gasteiger partial charge in [-0.15, -0.1) is 0 Å². The van der Waals surface area contributed by atoms with Gasteiger partial charge < -0.3 is 10.2 Å². The van der Waals surface area contributed by atoms with Gasteiger partial charge in [0.25, 0.3) is 5.91 Å². The van der Waals surface area contributed by atoms with E-state index in [4.69, 9.17) is 11.6 Å². The lowest BCUT2D eigenvalue weighted by atomic mass is 10.2. The average Bonchev–Trinajstić information content (AvgIpc) is 2.35. The number of carbonyl (C=O) groups is 2. The zero-order valence-corrected chi connectivity index (χ0v) is 11.1. The summed E-state index contributed by atoms with van der Waals surface area (Å²) in [4.78, 5) is 27.8. The molecule has 1 aromatic rings. The van der Waals surface area contributed by atoms with E-state index >= 15 is 0 Å². The summed E-state index contributed by atoms with van der Waals surface area (Å²) < 4.78 is 35.7. The maximum Gasteiger partial charge on any atom is 0.405 e. The second kappa shape index (κ2) is 6.56. The second-order valence-electron chi connectivity index (χ2n) is 3.91. The van der Waals surface area contributed by atoms with Crippen LogP contribution in [0.25, 0.3) is 0 Å². The number of alkyl halides is 3. The fraction of sp³-hybridized carbons (Fsp3) is 0.364. The molecule has 0 aliphatic rings. The van der Waals surface area contributed by atoms with E-state index in [0.29, 0.717) is 0 Å². The molecule has 5 nitrogen and oxygen atoms in total. The van der Waals surface area contributed by atoms with Gasteiger partial charge in [0, 0.05) is 19.4 Å². The van der Waals surface area contributed by atoms with Gasteiger partial charge in [-0.25, -0.2) is 0 Å². The van der Waals surface area contributed by atoms with Crippen LogP contribution < -0.4 is 5.32 Å². The highest BCUT2D eigenvalue weighted by Crippen LogP contribution is 2.15. The quantitative estimate of drug-likeness (QED) is 0.916. The Hall–Kier alpha value is -1.83. The number of hydrogen-bond acceptors (Lipinski definition) is 3. The molecule has 0 atom stereocenters. The number of pyridine rings is 1. The van der Waals surface area contributed by atoms with Crippen molar-refractivity contribution >= 4 is 23.4 Å². The molecular formula is C11H11ClF3N3O2. The molecule has 0 bridgehead atoms. The largest absolute Gasteiger partial charge is 0.405 e. The number of hydrogen-bond donors (Lipinski definition) is 1. The third-order valence-corrected chi connectivity index (χ3v) is 2.52. The smallest absolute Gasteiger partial charge is 0.345 e.